The third-order valence-corrected chi connectivity index (χ3v) is 2.06. The molecule has 1 atom stereocenters. The van der Waals surface area contributed by atoms with Crippen LogP contribution in [0.3, 0.4) is 0 Å². The van der Waals surface area contributed by atoms with Gasteiger partial charge in [0, 0.05) is 0 Å². The van der Waals surface area contributed by atoms with Gasteiger partial charge in [0.1, 0.15) is 0 Å². The average Bonchev–Trinajstić information content (AvgIpc) is 2.03. The number of rotatable bonds is 8. The third kappa shape index (κ3) is 13.8. The zero-order valence-electron chi connectivity index (χ0n) is 7.34. The van der Waals surface area contributed by atoms with Crippen LogP contribution in [0.4, 0.5) is 0 Å². The second kappa shape index (κ2) is 14.7. The molecule has 0 saturated heterocycles. The van der Waals surface area contributed by atoms with E-state index in [1.165, 1.54) is 32.1 Å². The molecule has 0 saturated carbocycles. The minimum absolute atomic E-state index is 0. The predicted molar refractivity (Wildman–Crippen MR) is 56.9 cm³/mol. The van der Waals surface area contributed by atoms with Crippen molar-refractivity contribution in [3.05, 3.63) is 0 Å². The molecule has 0 aliphatic rings. The second-order valence-corrected chi connectivity index (χ2v) is 3.26. The Morgan fingerprint density at radius 1 is 1.08 bits per heavy atom. The quantitative estimate of drug-likeness (QED) is 0.343. The topological polar surface area (TPSA) is 26.3 Å². The maximum atomic E-state index is 9.93. The second-order valence-electron chi connectivity index (χ2n) is 2.73. The molecule has 2 nitrogen and oxygen atoms in total. The summed E-state index contributed by atoms with van der Waals surface area (Å²) >= 11 is 0. The Balaban J connectivity index is 0. The van der Waals surface area contributed by atoms with Crippen molar-refractivity contribution in [2.24, 2.45) is 0 Å². The Morgan fingerprint density at radius 3 is 2.25 bits per heavy atom. The molecule has 12 heavy (non-hydrogen) atoms. The molecule has 0 radical (unpaired) electrons. The van der Waals surface area contributed by atoms with E-state index in [0.717, 1.165) is 6.42 Å². The van der Waals surface area contributed by atoms with E-state index in [4.69, 9.17) is 4.52 Å². The van der Waals surface area contributed by atoms with Crippen molar-refractivity contribution in [3.63, 3.8) is 0 Å². The molecular formula is C8H20NaO2P. The van der Waals surface area contributed by atoms with Gasteiger partial charge in [-0.25, -0.2) is 0 Å². The molecule has 0 spiro atoms. The fourth-order valence-corrected chi connectivity index (χ4v) is 1.28. The average molecular weight is 202 g/mol. The van der Waals surface area contributed by atoms with Crippen LogP contribution >= 0.6 is 8.69 Å². The molecule has 4 heteroatoms. The first-order chi connectivity index (χ1) is 5.41. The first-order valence-corrected chi connectivity index (χ1v) is 5.41. The molecular weight excluding hydrogens is 182 g/mol. The van der Waals surface area contributed by atoms with Crippen LogP contribution in [-0.4, -0.2) is 36.2 Å². The van der Waals surface area contributed by atoms with E-state index in [2.05, 4.69) is 6.92 Å². The molecule has 0 aliphatic heterocycles. The summed E-state index contributed by atoms with van der Waals surface area (Å²) in [5.41, 5.74) is 0. The van der Waals surface area contributed by atoms with Crippen LogP contribution in [0, 0.1) is 0 Å². The van der Waals surface area contributed by atoms with E-state index >= 15 is 0 Å². The molecule has 70 valence electrons. The van der Waals surface area contributed by atoms with Crippen LogP contribution < -0.4 is 0 Å². The van der Waals surface area contributed by atoms with Crippen molar-refractivity contribution in [2.75, 3.05) is 6.61 Å². The van der Waals surface area contributed by atoms with Gasteiger partial charge in [0.25, 0.3) is 0 Å². The predicted octanol–water partition coefficient (Wildman–Crippen LogP) is 2.39. The van der Waals surface area contributed by atoms with Gasteiger partial charge < -0.3 is 4.52 Å². The van der Waals surface area contributed by atoms with Gasteiger partial charge in [0.2, 0.25) is 0 Å². The van der Waals surface area contributed by atoms with E-state index in [9.17, 15) is 4.57 Å². The SMILES string of the molecule is CCCCCCCCO[PH2]=O.[NaH]. The Kier molecular flexibility index (Phi) is 19.2. The van der Waals surface area contributed by atoms with Crippen LogP contribution in [0.1, 0.15) is 45.4 Å². The van der Waals surface area contributed by atoms with Crippen molar-refractivity contribution in [2.45, 2.75) is 45.4 Å². The van der Waals surface area contributed by atoms with E-state index in [1.807, 2.05) is 0 Å². The molecule has 0 aromatic rings. The van der Waals surface area contributed by atoms with Crippen molar-refractivity contribution in [1.29, 1.82) is 0 Å². The summed E-state index contributed by atoms with van der Waals surface area (Å²) in [6.45, 7) is 2.90. The van der Waals surface area contributed by atoms with Gasteiger partial charge in [-0.2, -0.15) is 0 Å². The van der Waals surface area contributed by atoms with Crippen LogP contribution in [0.2, 0.25) is 0 Å². The monoisotopic (exact) mass is 202 g/mol. The van der Waals surface area contributed by atoms with E-state index in [1.54, 1.807) is 0 Å². The number of unbranched alkanes of at least 4 members (excludes halogenated alkanes) is 5. The Bertz CT molecular complexity index is 91.1. The fraction of sp³-hybridized carbons (Fsp3) is 1.00. The first-order valence-electron chi connectivity index (χ1n) is 4.47. The molecule has 0 aromatic carbocycles. The zero-order valence-corrected chi connectivity index (χ0v) is 8.50. The number of hydrogen-bond donors (Lipinski definition) is 0. The van der Waals surface area contributed by atoms with Gasteiger partial charge in [0.15, 0.2) is 8.69 Å². The molecule has 0 heterocycles. The van der Waals surface area contributed by atoms with Crippen LogP contribution in [0.5, 0.6) is 0 Å². The van der Waals surface area contributed by atoms with Gasteiger partial charge in [-0.15, -0.1) is 0 Å². The minimum atomic E-state index is -0.980. The molecule has 0 rings (SSSR count). The summed E-state index contributed by atoms with van der Waals surface area (Å²) in [4.78, 5) is 0. The van der Waals surface area contributed by atoms with Crippen LogP contribution in [-0.2, 0) is 9.09 Å². The molecule has 1 unspecified atom stereocenters. The normalized spacial score (nSPS) is 10.4. The van der Waals surface area contributed by atoms with Gasteiger partial charge in [-0.05, 0) is 6.42 Å². The van der Waals surface area contributed by atoms with E-state index in [0.29, 0.717) is 6.61 Å². The summed E-state index contributed by atoms with van der Waals surface area (Å²) < 4.78 is 14.7. The zero-order chi connectivity index (χ0) is 8.36. The Labute approximate surface area is 99.0 Å². The Morgan fingerprint density at radius 2 is 1.67 bits per heavy atom. The van der Waals surface area contributed by atoms with Gasteiger partial charge in [0.05, 0.1) is 6.61 Å². The fourth-order valence-electron chi connectivity index (χ4n) is 1.01. The van der Waals surface area contributed by atoms with Crippen molar-refractivity contribution in [3.8, 4) is 0 Å². The maximum absolute atomic E-state index is 9.93. The van der Waals surface area contributed by atoms with Crippen molar-refractivity contribution >= 4 is 38.2 Å². The summed E-state index contributed by atoms with van der Waals surface area (Å²) in [5.74, 6) is 0. The van der Waals surface area contributed by atoms with E-state index < -0.39 is 8.69 Å². The van der Waals surface area contributed by atoms with Gasteiger partial charge in [-0.1, -0.05) is 39.0 Å². The molecule has 0 aromatic heterocycles. The molecule has 0 amide bonds. The van der Waals surface area contributed by atoms with Crippen LogP contribution in [0.25, 0.3) is 0 Å². The molecule has 0 fully saturated rings. The molecule has 0 aliphatic carbocycles. The van der Waals surface area contributed by atoms with Gasteiger partial charge >= 0.3 is 29.6 Å². The van der Waals surface area contributed by atoms with Crippen LogP contribution in [0.15, 0.2) is 0 Å². The Hall–Kier alpha value is 1.19. The third-order valence-electron chi connectivity index (χ3n) is 1.68. The summed E-state index contributed by atoms with van der Waals surface area (Å²) in [6, 6.07) is 0. The molecule has 0 bridgehead atoms. The summed E-state index contributed by atoms with van der Waals surface area (Å²) in [7, 11) is -0.980. The standard InChI is InChI=1S/C8H19O2P.Na.H/c1-2-3-4-5-6-7-8-10-11-9;;/h2-8,11H2,1H3;;. The van der Waals surface area contributed by atoms with Crippen molar-refractivity contribution in [1.82, 2.24) is 0 Å². The van der Waals surface area contributed by atoms with Gasteiger partial charge in [-0.3, -0.25) is 4.57 Å². The summed E-state index contributed by atoms with van der Waals surface area (Å²) in [5, 5.41) is 0. The van der Waals surface area contributed by atoms with E-state index in [-0.39, 0.29) is 29.6 Å². The number of hydrogen-bond acceptors (Lipinski definition) is 2. The molecule has 0 N–H and O–H groups in total. The summed E-state index contributed by atoms with van der Waals surface area (Å²) in [6.07, 6.45) is 7.55. The first kappa shape index (κ1) is 15.7. The van der Waals surface area contributed by atoms with Crippen molar-refractivity contribution < 1.29 is 9.09 Å².